The van der Waals surface area contributed by atoms with E-state index in [0.29, 0.717) is 63.0 Å². The first-order valence-corrected chi connectivity index (χ1v) is 23.2. The molecule has 4 aromatic heterocycles. The van der Waals surface area contributed by atoms with Crippen molar-refractivity contribution in [3.8, 4) is 0 Å². The summed E-state index contributed by atoms with van der Waals surface area (Å²) >= 11 is 0. The summed E-state index contributed by atoms with van der Waals surface area (Å²) in [5, 5.41) is 36.9. The molecule has 396 valence electrons. The van der Waals surface area contributed by atoms with E-state index in [4.69, 9.17) is 10.3 Å². The number of piperidine rings is 1. The van der Waals surface area contributed by atoms with Crippen LogP contribution < -0.4 is 14.2 Å². The Morgan fingerprint density at radius 3 is 1.45 bits per heavy atom. The van der Waals surface area contributed by atoms with E-state index < -0.39 is 17.7 Å². The molecule has 2 atom stereocenters. The molecule has 1 aromatic carbocycles. The Kier molecular flexibility index (Phi) is 20.6. The summed E-state index contributed by atoms with van der Waals surface area (Å²) in [7, 11) is 0. The highest BCUT2D eigenvalue weighted by Crippen LogP contribution is 2.35. The van der Waals surface area contributed by atoms with Crippen LogP contribution in [0.25, 0.3) is 0 Å². The first kappa shape index (κ1) is 60.2. The maximum atomic E-state index is 13.2. The average Bonchev–Trinajstić information content (AvgIpc) is 3.30. The molecule has 6 N–H and O–H groups in total. The highest BCUT2D eigenvalue weighted by Gasteiger charge is 2.42. The van der Waals surface area contributed by atoms with E-state index in [9.17, 15) is 42.8 Å². The minimum absolute atomic E-state index is 0. The number of carboxylic acids is 1. The van der Waals surface area contributed by atoms with E-state index in [1.807, 2.05) is 18.7 Å². The quantitative estimate of drug-likeness (QED) is 0.0967. The fourth-order valence-corrected chi connectivity index (χ4v) is 9.08. The van der Waals surface area contributed by atoms with Gasteiger partial charge in [0.15, 0.2) is 51.3 Å². The standard InChI is InChI=1S/C27H37F3N5O2.C8H11N2O2.C8H10N2O.C7H8N2O3.H2O/c1-18-16-33(14-15-34(18)20(3)22-6-8-23(9-7-22)27(28,29)30)26(5)10-12-32(13-11-26)25(36)24-19(2)31-17-35(37)21(24)4;1-5-8(7(3)11)6(2)10(12)4-9-5;1-5-8(7(3)11)6(2)10-4-9-5;1-4-6(7(10)11)5(2)9(12)3-8-4;/h6-9,17-18,20,37H,10-16H2,1-5H3;4,12H,1-3H3;4H,1-3H3;3H,1-2H3,(H-,10,11,12);1H2/q2*+1;;;/p+1/t18-,20-;;;;/m0..../s1. The average molecular weight is 1030 g/mol. The number of hydrogen-bond acceptors (Lipinski definition) is 14. The van der Waals surface area contributed by atoms with Crippen molar-refractivity contribution in [3.63, 3.8) is 0 Å². The molecule has 6 heterocycles. The van der Waals surface area contributed by atoms with E-state index in [2.05, 4.69) is 55.5 Å². The van der Waals surface area contributed by atoms with Crippen molar-refractivity contribution in [2.24, 2.45) is 0 Å². The molecule has 1 amide bonds. The number of aromatic nitrogens is 8. The van der Waals surface area contributed by atoms with Crippen LogP contribution in [0.5, 0.6) is 0 Å². The number of aryl methyl sites for hydroxylation is 5. The maximum Gasteiger partial charge on any atom is 0.416 e. The predicted octanol–water partition coefficient (Wildman–Crippen LogP) is 4.82. The summed E-state index contributed by atoms with van der Waals surface area (Å²) < 4.78 is 41.3. The zero-order valence-electron chi connectivity index (χ0n) is 43.7. The zero-order valence-corrected chi connectivity index (χ0v) is 43.7. The molecule has 7 rings (SSSR count). The number of hydrogen-bond donors (Lipinski definition) is 4. The molecule has 2 aliphatic heterocycles. The second-order valence-electron chi connectivity index (χ2n) is 18.4. The molecule has 0 bridgehead atoms. The highest BCUT2D eigenvalue weighted by molar-refractivity contribution is 5.97. The Bertz CT molecular complexity index is 2700. The third kappa shape index (κ3) is 14.5. The summed E-state index contributed by atoms with van der Waals surface area (Å²) in [6.45, 7) is 26.9. The maximum absolute atomic E-state index is 13.2. The van der Waals surface area contributed by atoms with Gasteiger partial charge in [-0.15, -0.1) is 0 Å². The number of halogens is 3. The number of aromatic carboxylic acids is 1. The van der Waals surface area contributed by atoms with E-state index in [-0.39, 0.29) is 51.8 Å². The molecular formula is C50H69F3N11O9+3. The van der Waals surface area contributed by atoms with Crippen LogP contribution >= 0.6 is 0 Å². The van der Waals surface area contributed by atoms with Gasteiger partial charge in [0.1, 0.15) is 17.5 Å². The molecule has 0 aliphatic carbocycles. The SMILES string of the molecule is CC(=O)c1c(C)nc[n+](O)c1C.CC(=O)c1c(C)ncnc1C.Cc1nc[n+](O)c(C)c1C(=O)N1CCC(C)(N2CCN([C@@H](C)c3ccc(C(F)(F)F)cc3)[C@@H](C)C2)CC1.Cc1nc[n+](O)c(C)c1C(=O)O.O. The van der Waals surface area contributed by atoms with Crippen LogP contribution in [-0.4, -0.2) is 134 Å². The highest BCUT2D eigenvalue weighted by atomic mass is 19.4. The zero-order chi connectivity index (χ0) is 54.2. The molecule has 0 radical (unpaired) electrons. The summed E-state index contributed by atoms with van der Waals surface area (Å²) in [6.07, 6.45) is 2.57. The molecule has 0 spiro atoms. The van der Waals surface area contributed by atoms with Crippen LogP contribution in [-0.2, 0) is 6.18 Å². The number of nitrogens with zero attached hydrogens (tertiary/aromatic N) is 11. The number of ketones is 2. The number of alkyl halides is 3. The summed E-state index contributed by atoms with van der Waals surface area (Å²) in [4.78, 5) is 72.2. The molecule has 73 heavy (non-hydrogen) atoms. The number of rotatable bonds is 7. The van der Waals surface area contributed by atoms with E-state index in [1.54, 1.807) is 46.8 Å². The normalized spacial score (nSPS) is 15.9. The number of piperazine rings is 1. The Morgan fingerprint density at radius 1 is 0.658 bits per heavy atom. The first-order chi connectivity index (χ1) is 33.5. The predicted molar refractivity (Wildman–Crippen MR) is 257 cm³/mol. The molecule has 0 unspecified atom stereocenters. The number of carbonyl (C=O) groups excluding carboxylic acids is 3. The Balaban J connectivity index is 0.000000315. The minimum Gasteiger partial charge on any atom is -0.477 e. The van der Waals surface area contributed by atoms with Gasteiger partial charge >= 0.3 is 31.1 Å². The minimum atomic E-state index is -4.33. The van der Waals surface area contributed by atoms with Gasteiger partial charge in [-0.25, -0.2) is 14.8 Å². The second kappa shape index (κ2) is 25.0. The van der Waals surface area contributed by atoms with E-state index in [1.165, 1.54) is 39.8 Å². The summed E-state index contributed by atoms with van der Waals surface area (Å²) in [5.41, 5.74) is 6.28. The Labute approximate surface area is 422 Å². The van der Waals surface area contributed by atoms with Gasteiger partial charge in [-0.1, -0.05) is 26.3 Å². The number of carbonyl (C=O) groups is 4. The van der Waals surface area contributed by atoms with Crippen molar-refractivity contribution < 1.29 is 72.7 Å². The first-order valence-electron chi connectivity index (χ1n) is 23.2. The molecule has 23 heteroatoms. The van der Waals surface area contributed by atoms with Crippen LogP contribution in [0.3, 0.4) is 0 Å². The monoisotopic (exact) mass is 1020 g/mol. The van der Waals surface area contributed by atoms with E-state index in [0.717, 1.165) is 77.3 Å². The lowest BCUT2D eigenvalue weighted by atomic mass is 9.86. The van der Waals surface area contributed by atoms with Crippen molar-refractivity contribution in [3.05, 3.63) is 129 Å². The number of Topliss-reactive ketones (excluding diaryl/α,β-unsaturated/α-hetero) is 2. The lowest BCUT2D eigenvalue weighted by Gasteiger charge is -2.52. The molecule has 2 fully saturated rings. The van der Waals surface area contributed by atoms with Gasteiger partial charge in [-0.2, -0.15) is 13.2 Å². The smallest absolute Gasteiger partial charge is 0.416 e. The molecule has 2 aliphatic rings. The molecule has 0 saturated carbocycles. The largest absolute Gasteiger partial charge is 0.477 e. The van der Waals surface area contributed by atoms with Crippen molar-refractivity contribution in [2.75, 3.05) is 32.7 Å². The van der Waals surface area contributed by atoms with E-state index >= 15 is 0 Å². The van der Waals surface area contributed by atoms with Gasteiger partial charge in [0.25, 0.3) is 5.91 Å². The number of likely N-dealkylation sites (tertiary alicyclic amines) is 1. The molecule has 20 nitrogen and oxygen atoms in total. The topological polar surface area (TPSA) is 267 Å². The Hall–Kier alpha value is -7.11. The van der Waals surface area contributed by atoms with Crippen LogP contribution in [0.2, 0.25) is 0 Å². The third-order valence-corrected chi connectivity index (χ3v) is 13.4. The van der Waals surface area contributed by atoms with Crippen LogP contribution in [0, 0.1) is 55.4 Å². The molecule has 2 saturated heterocycles. The lowest BCUT2D eigenvalue weighted by Crippen LogP contribution is -2.62. The van der Waals surface area contributed by atoms with Gasteiger partial charge in [0.05, 0.1) is 22.5 Å². The molecular weight excluding hydrogens is 956 g/mol. The van der Waals surface area contributed by atoms with Crippen molar-refractivity contribution >= 4 is 23.4 Å². The lowest BCUT2D eigenvalue weighted by molar-refractivity contribution is -0.910. The summed E-state index contributed by atoms with van der Waals surface area (Å²) in [6, 6.07) is 5.76. The van der Waals surface area contributed by atoms with Crippen LogP contribution in [0.4, 0.5) is 13.2 Å². The fraction of sp³-hybridized carbons (Fsp3) is 0.480. The van der Waals surface area contributed by atoms with Gasteiger partial charge in [0.2, 0.25) is 0 Å². The summed E-state index contributed by atoms with van der Waals surface area (Å²) in [5.74, 6) is -1.24. The van der Waals surface area contributed by atoms with Gasteiger partial charge in [-0.3, -0.25) is 24.2 Å². The third-order valence-electron chi connectivity index (χ3n) is 13.4. The van der Waals surface area contributed by atoms with Gasteiger partial charge < -0.3 is 31.1 Å². The second-order valence-corrected chi connectivity index (χ2v) is 18.4. The van der Waals surface area contributed by atoms with Crippen LogP contribution in [0.1, 0.15) is 152 Å². The number of amides is 1. The van der Waals surface area contributed by atoms with Gasteiger partial charge in [-0.05, 0) is 94.0 Å². The van der Waals surface area contributed by atoms with Crippen molar-refractivity contribution in [1.29, 1.82) is 0 Å². The molecule has 5 aromatic rings. The fourth-order valence-electron chi connectivity index (χ4n) is 9.08. The van der Waals surface area contributed by atoms with Gasteiger partial charge in [0, 0.05) is 91.9 Å². The van der Waals surface area contributed by atoms with Crippen molar-refractivity contribution in [1.82, 2.24) is 39.6 Å². The Morgan fingerprint density at radius 2 is 1.07 bits per heavy atom. The van der Waals surface area contributed by atoms with Crippen LogP contribution in [0.15, 0.2) is 49.6 Å². The number of benzene rings is 1. The number of carboxylic acid groups (broad SMARTS) is 1. The van der Waals surface area contributed by atoms with Crippen molar-refractivity contribution in [2.45, 2.75) is 127 Å².